The molecule has 0 radical (unpaired) electrons. The number of hydrogen-bond donors (Lipinski definition) is 0. The summed E-state index contributed by atoms with van der Waals surface area (Å²) in [6, 6.07) is 15.4. The van der Waals surface area contributed by atoms with E-state index in [2.05, 4.69) is 31.2 Å². The number of ether oxygens (including phenoxy) is 1. The molecule has 1 fully saturated rings. The zero-order valence-electron chi connectivity index (χ0n) is 16.0. The summed E-state index contributed by atoms with van der Waals surface area (Å²) in [5.74, 6) is 0.895. The van der Waals surface area contributed by atoms with Crippen LogP contribution in [0.1, 0.15) is 27.9 Å². The summed E-state index contributed by atoms with van der Waals surface area (Å²) in [6.45, 7) is 4.38. The molecule has 0 aliphatic carbocycles. The van der Waals surface area contributed by atoms with Gasteiger partial charge in [-0.1, -0.05) is 29.8 Å². The zero-order valence-corrected chi connectivity index (χ0v) is 16.0. The fourth-order valence-electron chi connectivity index (χ4n) is 3.24. The largest absolute Gasteiger partial charge is 0.497 e. The molecule has 0 N–H and O–H groups in total. The molecule has 142 valence electrons. The fraction of sp³-hybridized carbons (Fsp3) is 0.364. The Labute approximate surface area is 160 Å². The van der Waals surface area contributed by atoms with Gasteiger partial charge in [-0.05, 0) is 43.2 Å². The van der Waals surface area contributed by atoms with Gasteiger partial charge in [-0.2, -0.15) is 0 Å². The van der Waals surface area contributed by atoms with Crippen LogP contribution in [-0.4, -0.2) is 54.9 Å². The van der Waals surface area contributed by atoms with E-state index in [9.17, 15) is 9.59 Å². The van der Waals surface area contributed by atoms with E-state index in [-0.39, 0.29) is 11.8 Å². The van der Waals surface area contributed by atoms with Crippen LogP contribution < -0.4 is 4.74 Å². The Morgan fingerprint density at radius 2 is 1.48 bits per heavy atom. The number of carbonyl (C=O) groups is 2. The molecule has 1 aliphatic rings. The maximum absolute atomic E-state index is 12.6. The number of aryl methyl sites for hydroxylation is 2. The van der Waals surface area contributed by atoms with Crippen molar-refractivity contribution in [2.24, 2.45) is 0 Å². The number of hydrogen-bond acceptors (Lipinski definition) is 3. The van der Waals surface area contributed by atoms with Crippen LogP contribution in [0.3, 0.4) is 0 Å². The maximum atomic E-state index is 12.6. The summed E-state index contributed by atoms with van der Waals surface area (Å²) in [7, 11) is 1.60. The number of rotatable bonds is 5. The molecule has 0 atom stereocenters. The van der Waals surface area contributed by atoms with Gasteiger partial charge in [0.05, 0.1) is 7.11 Å². The Hall–Kier alpha value is -2.82. The van der Waals surface area contributed by atoms with Gasteiger partial charge < -0.3 is 14.5 Å². The van der Waals surface area contributed by atoms with Gasteiger partial charge in [-0.25, -0.2) is 0 Å². The van der Waals surface area contributed by atoms with Crippen molar-refractivity contribution < 1.29 is 14.3 Å². The van der Waals surface area contributed by atoms with E-state index in [0.29, 0.717) is 38.2 Å². The van der Waals surface area contributed by atoms with Gasteiger partial charge in [0.25, 0.3) is 5.91 Å². The van der Waals surface area contributed by atoms with Crippen LogP contribution in [0.5, 0.6) is 5.75 Å². The molecular weight excluding hydrogens is 340 g/mol. The van der Waals surface area contributed by atoms with Crippen LogP contribution in [0.25, 0.3) is 0 Å². The second kappa shape index (κ2) is 8.71. The second-order valence-electron chi connectivity index (χ2n) is 6.89. The lowest BCUT2D eigenvalue weighted by Gasteiger charge is -2.35. The van der Waals surface area contributed by atoms with Gasteiger partial charge in [0.15, 0.2) is 0 Å². The van der Waals surface area contributed by atoms with E-state index in [1.165, 1.54) is 11.1 Å². The number of carbonyl (C=O) groups excluding carboxylic acids is 2. The number of benzene rings is 2. The van der Waals surface area contributed by atoms with Gasteiger partial charge in [-0.3, -0.25) is 9.59 Å². The van der Waals surface area contributed by atoms with Crippen LogP contribution in [0, 0.1) is 6.92 Å². The first-order valence-corrected chi connectivity index (χ1v) is 9.33. The lowest BCUT2D eigenvalue weighted by molar-refractivity contribution is -0.132. The van der Waals surface area contributed by atoms with Crippen molar-refractivity contribution >= 4 is 11.8 Å². The standard InChI is InChI=1S/C22H26N2O3/c1-17-3-5-18(6-4-17)7-12-21(25)23-13-15-24(16-14-23)22(26)19-8-10-20(27-2)11-9-19/h3-6,8-11H,7,12-16H2,1-2H3. The van der Waals surface area contributed by atoms with Crippen molar-refractivity contribution in [1.82, 2.24) is 9.80 Å². The van der Waals surface area contributed by atoms with E-state index in [4.69, 9.17) is 4.74 Å². The summed E-state index contributed by atoms with van der Waals surface area (Å²) in [4.78, 5) is 28.7. The van der Waals surface area contributed by atoms with Crippen LogP contribution >= 0.6 is 0 Å². The molecule has 5 heteroatoms. The molecule has 1 aliphatic heterocycles. The van der Waals surface area contributed by atoms with E-state index >= 15 is 0 Å². The first-order chi connectivity index (χ1) is 13.1. The van der Waals surface area contributed by atoms with Crippen molar-refractivity contribution in [1.29, 1.82) is 0 Å². The quantitative estimate of drug-likeness (QED) is 0.818. The smallest absolute Gasteiger partial charge is 0.253 e. The molecule has 27 heavy (non-hydrogen) atoms. The summed E-state index contributed by atoms with van der Waals surface area (Å²) >= 11 is 0. The summed E-state index contributed by atoms with van der Waals surface area (Å²) in [5, 5.41) is 0. The highest BCUT2D eigenvalue weighted by atomic mass is 16.5. The topological polar surface area (TPSA) is 49.9 Å². The molecule has 0 aromatic heterocycles. The Balaban J connectivity index is 1.48. The Bertz CT molecular complexity index is 776. The molecule has 1 saturated heterocycles. The second-order valence-corrected chi connectivity index (χ2v) is 6.89. The van der Waals surface area contributed by atoms with E-state index in [1.54, 1.807) is 31.4 Å². The molecule has 2 aromatic rings. The first-order valence-electron chi connectivity index (χ1n) is 9.33. The molecule has 2 amide bonds. The number of methoxy groups -OCH3 is 1. The Kier molecular flexibility index (Phi) is 6.12. The molecule has 1 heterocycles. The maximum Gasteiger partial charge on any atom is 0.253 e. The molecule has 0 saturated carbocycles. The first kappa shape index (κ1) is 19.0. The van der Waals surface area contributed by atoms with Gasteiger partial charge in [-0.15, -0.1) is 0 Å². The molecular formula is C22H26N2O3. The summed E-state index contributed by atoms with van der Waals surface area (Å²) < 4.78 is 5.13. The van der Waals surface area contributed by atoms with Crippen LogP contribution in [0.15, 0.2) is 48.5 Å². The highest BCUT2D eigenvalue weighted by Gasteiger charge is 2.24. The fourth-order valence-corrected chi connectivity index (χ4v) is 3.24. The molecule has 0 spiro atoms. The average Bonchev–Trinajstić information content (AvgIpc) is 2.73. The minimum absolute atomic E-state index is 0.00408. The lowest BCUT2D eigenvalue weighted by atomic mass is 10.1. The third-order valence-electron chi connectivity index (χ3n) is 5.00. The number of nitrogens with zero attached hydrogens (tertiary/aromatic N) is 2. The van der Waals surface area contributed by atoms with Crippen molar-refractivity contribution in [3.05, 3.63) is 65.2 Å². The predicted octanol–water partition coefficient (Wildman–Crippen LogP) is 2.92. The highest BCUT2D eigenvalue weighted by molar-refractivity contribution is 5.94. The van der Waals surface area contributed by atoms with E-state index in [0.717, 1.165) is 12.2 Å². The van der Waals surface area contributed by atoms with E-state index in [1.807, 2.05) is 9.80 Å². The van der Waals surface area contributed by atoms with Gasteiger partial charge in [0, 0.05) is 38.2 Å². The monoisotopic (exact) mass is 366 g/mol. The van der Waals surface area contributed by atoms with Crippen molar-refractivity contribution in [3.63, 3.8) is 0 Å². The van der Waals surface area contributed by atoms with Crippen molar-refractivity contribution in [2.75, 3.05) is 33.3 Å². The average molecular weight is 366 g/mol. The van der Waals surface area contributed by atoms with Crippen molar-refractivity contribution in [2.45, 2.75) is 19.8 Å². The lowest BCUT2D eigenvalue weighted by Crippen LogP contribution is -2.50. The van der Waals surface area contributed by atoms with Gasteiger partial charge in [0.1, 0.15) is 5.75 Å². The van der Waals surface area contributed by atoms with Crippen LogP contribution in [-0.2, 0) is 11.2 Å². The Morgan fingerprint density at radius 3 is 2.07 bits per heavy atom. The minimum atomic E-state index is 0.00408. The molecule has 2 aromatic carbocycles. The molecule has 3 rings (SSSR count). The summed E-state index contributed by atoms with van der Waals surface area (Å²) in [6.07, 6.45) is 1.26. The predicted molar refractivity (Wildman–Crippen MR) is 105 cm³/mol. The molecule has 0 bridgehead atoms. The molecule has 0 unspecified atom stereocenters. The van der Waals surface area contributed by atoms with Crippen LogP contribution in [0.2, 0.25) is 0 Å². The zero-order chi connectivity index (χ0) is 19.2. The third-order valence-corrected chi connectivity index (χ3v) is 5.00. The van der Waals surface area contributed by atoms with Crippen molar-refractivity contribution in [3.8, 4) is 5.75 Å². The summed E-state index contributed by atoms with van der Waals surface area (Å²) in [5.41, 5.74) is 3.06. The number of piperazine rings is 1. The highest BCUT2D eigenvalue weighted by Crippen LogP contribution is 2.15. The number of amides is 2. The SMILES string of the molecule is COc1ccc(C(=O)N2CCN(C(=O)CCc3ccc(C)cc3)CC2)cc1. The van der Waals surface area contributed by atoms with Crippen LogP contribution in [0.4, 0.5) is 0 Å². The third kappa shape index (κ3) is 4.88. The van der Waals surface area contributed by atoms with Gasteiger partial charge in [0.2, 0.25) is 5.91 Å². The molecule has 5 nitrogen and oxygen atoms in total. The van der Waals surface area contributed by atoms with E-state index < -0.39 is 0 Å². The van der Waals surface area contributed by atoms with Gasteiger partial charge >= 0.3 is 0 Å². The minimum Gasteiger partial charge on any atom is -0.497 e. The Morgan fingerprint density at radius 1 is 0.889 bits per heavy atom. The normalized spacial score (nSPS) is 14.1.